The number of benzene rings is 2. The molecule has 2 aromatic carbocycles. The summed E-state index contributed by atoms with van der Waals surface area (Å²) in [6, 6.07) is 8.33. The quantitative estimate of drug-likeness (QED) is 0.655. The Hall–Kier alpha value is -3.27. The van der Waals surface area contributed by atoms with Crippen LogP contribution in [0.4, 0.5) is 18.9 Å². The van der Waals surface area contributed by atoms with Crippen LogP contribution in [0, 0.1) is 6.57 Å². The van der Waals surface area contributed by atoms with Gasteiger partial charge >= 0.3 is 6.18 Å². The van der Waals surface area contributed by atoms with Crippen molar-refractivity contribution in [3.63, 3.8) is 0 Å². The van der Waals surface area contributed by atoms with Crippen LogP contribution in [-0.2, 0) is 6.18 Å². The fourth-order valence-corrected chi connectivity index (χ4v) is 2.50. The van der Waals surface area contributed by atoms with Gasteiger partial charge in [-0.1, -0.05) is 24.3 Å². The molecule has 1 heterocycles. The van der Waals surface area contributed by atoms with Gasteiger partial charge in [-0.15, -0.1) is 0 Å². The summed E-state index contributed by atoms with van der Waals surface area (Å²) in [6.07, 6.45) is -1.27. The number of alkyl halides is 3. The molecule has 3 aromatic rings. The zero-order valence-electron chi connectivity index (χ0n) is 13.1. The topological polar surface area (TPSA) is 42.3 Å². The molecule has 0 unspecified atom stereocenters. The Morgan fingerprint density at radius 1 is 1.20 bits per heavy atom. The van der Waals surface area contributed by atoms with Crippen LogP contribution >= 0.6 is 0 Å². The number of aromatic amines is 1. The maximum Gasteiger partial charge on any atom is 0.416 e. The molecule has 0 saturated heterocycles. The van der Waals surface area contributed by atoms with E-state index in [1.165, 1.54) is 19.3 Å². The number of methoxy groups -OCH3 is 1. The molecule has 4 nitrogen and oxygen atoms in total. The second-order valence-electron chi connectivity index (χ2n) is 5.22. The average molecular weight is 343 g/mol. The van der Waals surface area contributed by atoms with Crippen LogP contribution in [0.5, 0.6) is 5.75 Å². The minimum Gasteiger partial charge on any atom is -0.507 e. The van der Waals surface area contributed by atoms with Crippen molar-refractivity contribution in [3.05, 3.63) is 64.6 Å². The summed E-state index contributed by atoms with van der Waals surface area (Å²) >= 11 is 0. The van der Waals surface area contributed by atoms with Gasteiger partial charge in [-0.3, -0.25) is 5.10 Å². The lowest BCUT2D eigenvalue weighted by atomic mass is 10.1. The van der Waals surface area contributed by atoms with Crippen LogP contribution in [-0.4, -0.2) is 17.3 Å². The van der Waals surface area contributed by atoms with Gasteiger partial charge in [-0.2, -0.15) is 18.3 Å². The molecule has 0 aliphatic heterocycles. The highest BCUT2D eigenvalue weighted by molar-refractivity contribution is 5.98. The third-order valence-electron chi connectivity index (χ3n) is 3.66. The number of ether oxygens (including phenoxy) is 1. The van der Waals surface area contributed by atoms with Crippen molar-refractivity contribution < 1.29 is 17.9 Å². The van der Waals surface area contributed by atoms with Gasteiger partial charge in [0.1, 0.15) is 5.75 Å². The van der Waals surface area contributed by atoms with Gasteiger partial charge in [0, 0.05) is 0 Å². The van der Waals surface area contributed by atoms with Gasteiger partial charge in [0.05, 0.1) is 35.8 Å². The van der Waals surface area contributed by atoms with Gasteiger partial charge in [-0.25, -0.2) is 4.85 Å². The second kappa shape index (κ2) is 6.32. The highest BCUT2D eigenvalue weighted by Gasteiger charge is 2.30. The molecule has 7 heteroatoms. The molecule has 126 valence electrons. The largest absolute Gasteiger partial charge is 0.507 e. The summed E-state index contributed by atoms with van der Waals surface area (Å²) in [5.74, 6) is 0.380. The van der Waals surface area contributed by atoms with Gasteiger partial charge in [0.25, 0.3) is 0 Å². The molecular weight excluding hydrogens is 331 g/mol. The van der Waals surface area contributed by atoms with Crippen molar-refractivity contribution in [2.45, 2.75) is 6.18 Å². The van der Waals surface area contributed by atoms with Gasteiger partial charge < -0.3 is 4.74 Å². The van der Waals surface area contributed by atoms with E-state index in [-0.39, 0.29) is 0 Å². The van der Waals surface area contributed by atoms with E-state index in [0.29, 0.717) is 33.6 Å². The monoisotopic (exact) mass is 343 g/mol. The summed E-state index contributed by atoms with van der Waals surface area (Å²) in [5.41, 5.74) is 1.17. The number of halogens is 3. The van der Waals surface area contributed by atoms with E-state index in [1.807, 2.05) is 0 Å². The van der Waals surface area contributed by atoms with E-state index < -0.39 is 11.7 Å². The highest BCUT2D eigenvalue weighted by atomic mass is 19.4. The average Bonchev–Trinajstić information content (AvgIpc) is 3.01. The van der Waals surface area contributed by atoms with Crippen LogP contribution in [0.3, 0.4) is 0 Å². The molecule has 1 N–H and O–H groups in total. The maximum atomic E-state index is 12.8. The number of rotatable bonds is 3. The summed E-state index contributed by atoms with van der Waals surface area (Å²) in [5, 5.41) is 7.58. The van der Waals surface area contributed by atoms with E-state index in [0.717, 1.165) is 12.1 Å². The Morgan fingerprint density at radius 2 is 2.00 bits per heavy atom. The van der Waals surface area contributed by atoms with Crippen molar-refractivity contribution in [3.8, 4) is 5.75 Å². The van der Waals surface area contributed by atoms with Crippen LogP contribution in [0.15, 0.2) is 36.4 Å². The highest BCUT2D eigenvalue weighted by Crippen LogP contribution is 2.37. The Bertz CT molecular complexity index is 997. The number of fused-ring (bicyclic) bond motifs is 1. The Balaban J connectivity index is 2.04. The number of nitrogens with zero attached hydrogens (tertiary/aromatic N) is 2. The van der Waals surface area contributed by atoms with Crippen LogP contribution in [0.2, 0.25) is 0 Å². The fourth-order valence-electron chi connectivity index (χ4n) is 2.50. The van der Waals surface area contributed by atoms with Crippen molar-refractivity contribution in [1.29, 1.82) is 0 Å². The zero-order chi connectivity index (χ0) is 18.0. The number of aromatic nitrogens is 2. The summed E-state index contributed by atoms with van der Waals surface area (Å²) in [4.78, 5) is 3.40. The molecular formula is C18H12F3N3O. The molecule has 25 heavy (non-hydrogen) atoms. The SMILES string of the molecule is [C-]#[N+]c1ccc2[nH]nc(/C=C/c3cccc(C(F)(F)F)c3)c2c1OC. The van der Waals surface area contributed by atoms with E-state index in [4.69, 9.17) is 11.3 Å². The summed E-state index contributed by atoms with van der Waals surface area (Å²) in [6.45, 7) is 7.20. The molecule has 0 amide bonds. The molecule has 0 saturated carbocycles. The Labute approximate surface area is 141 Å². The number of H-pyrrole nitrogens is 1. The third-order valence-corrected chi connectivity index (χ3v) is 3.66. The lowest BCUT2D eigenvalue weighted by molar-refractivity contribution is -0.137. The lowest BCUT2D eigenvalue weighted by Crippen LogP contribution is -2.04. The minimum atomic E-state index is -4.39. The van der Waals surface area contributed by atoms with Gasteiger partial charge in [0.15, 0.2) is 0 Å². The summed E-state index contributed by atoms with van der Waals surface area (Å²) < 4.78 is 43.7. The number of nitrogens with one attached hydrogen (secondary N) is 1. The van der Waals surface area contributed by atoms with E-state index in [2.05, 4.69) is 15.0 Å². The molecule has 0 fully saturated rings. The zero-order valence-corrected chi connectivity index (χ0v) is 13.1. The first kappa shape index (κ1) is 16.6. The third kappa shape index (κ3) is 3.19. The first-order valence-electron chi connectivity index (χ1n) is 7.22. The molecule has 0 spiro atoms. The van der Waals surface area contributed by atoms with Crippen molar-refractivity contribution in [1.82, 2.24) is 10.2 Å². The molecule has 0 aliphatic rings. The lowest BCUT2D eigenvalue weighted by Gasteiger charge is -2.06. The molecule has 0 radical (unpaired) electrons. The predicted octanol–water partition coefficient (Wildman–Crippen LogP) is 5.31. The van der Waals surface area contributed by atoms with E-state index in [1.54, 1.807) is 24.3 Å². The standard InChI is InChI=1S/C18H12F3N3O/c1-22-15-9-8-14-16(17(15)25-2)13(23-24-14)7-6-11-4-3-5-12(10-11)18(19,20)21/h3-10H,2H3,(H,23,24)/b7-6+. The molecule has 1 aromatic heterocycles. The van der Waals surface area contributed by atoms with E-state index in [9.17, 15) is 13.2 Å². The summed E-state index contributed by atoms with van der Waals surface area (Å²) in [7, 11) is 1.46. The van der Waals surface area contributed by atoms with E-state index >= 15 is 0 Å². The van der Waals surface area contributed by atoms with Gasteiger partial charge in [0.2, 0.25) is 5.69 Å². The predicted molar refractivity (Wildman–Crippen MR) is 89.3 cm³/mol. The second-order valence-corrected chi connectivity index (χ2v) is 5.22. The normalized spacial score (nSPS) is 11.8. The van der Waals surface area contributed by atoms with Crippen molar-refractivity contribution >= 4 is 28.7 Å². The first-order valence-corrected chi connectivity index (χ1v) is 7.22. The van der Waals surface area contributed by atoms with Gasteiger partial charge in [-0.05, 0) is 29.8 Å². The molecule has 0 bridgehead atoms. The molecule has 0 atom stereocenters. The number of hydrogen-bond donors (Lipinski definition) is 1. The molecule has 0 aliphatic carbocycles. The Morgan fingerprint density at radius 3 is 2.68 bits per heavy atom. The first-order chi connectivity index (χ1) is 11.9. The Kier molecular flexibility index (Phi) is 4.19. The van der Waals surface area contributed by atoms with Crippen LogP contribution < -0.4 is 4.74 Å². The minimum absolute atomic E-state index is 0.338. The maximum absolute atomic E-state index is 12.8. The fraction of sp³-hybridized carbons (Fsp3) is 0.111. The van der Waals surface area contributed by atoms with Crippen LogP contribution in [0.25, 0.3) is 27.9 Å². The van der Waals surface area contributed by atoms with Crippen molar-refractivity contribution in [2.24, 2.45) is 0 Å². The smallest absolute Gasteiger partial charge is 0.416 e. The van der Waals surface area contributed by atoms with Crippen LogP contribution in [0.1, 0.15) is 16.8 Å². The molecule has 3 rings (SSSR count). The van der Waals surface area contributed by atoms with Crippen molar-refractivity contribution in [2.75, 3.05) is 7.11 Å². The number of hydrogen-bond acceptors (Lipinski definition) is 2.